The predicted octanol–water partition coefficient (Wildman–Crippen LogP) is 2.99. The van der Waals surface area contributed by atoms with Gasteiger partial charge in [0.25, 0.3) is 0 Å². The molecule has 4 nitrogen and oxygen atoms in total. The van der Waals surface area contributed by atoms with Gasteiger partial charge < -0.3 is 10.5 Å². The molecule has 3 rings (SSSR count). The summed E-state index contributed by atoms with van der Waals surface area (Å²) in [5, 5.41) is 0. The second-order valence-corrected chi connectivity index (χ2v) is 6.37. The number of anilines is 1. The molecule has 1 heterocycles. The maximum absolute atomic E-state index is 5.87. The fourth-order valence-electron chi connectivity index (χ4n) is 3.17. The molecule has 2 aromatic carbocycles. The van der Waals surface area contributed by atoms with Gasteiger partial charge in [-0.15, -0.1) is 0 Å². The van der Waals surface area contributed by atoms with E-state index < -0.39 is 0 Å². The standard InChI is InChI=1S/C20H27N3O/c1-2-24-20-8-6-17(7-9-20)15-22-10-12-23(13-11-22)16-18-4-3-5-19(21)14-18/h3-9,14H,2,10-13,15-16,21H2,1H3. The van der Waals surface area contributed by atoms with E-state index in [-0.39, 0.29) is 0 Å². The van der Waals surface area contributed by atoms with Crippen molar-refractivity contribution in [3.63, 3.8) is 0 Å². The number of benzene rings is 2. The van der Waals surface area contributed by atoms with Gasteiger partial charge in [-0.05, 0) is 42.3 Å². The maximum atomic E-state index is 5.87. The molecule has 1 saturated heterocycles. The number of nitrogens with zero attached hydrogens (tertiary/aromatic N) is 2. The van der Waals surface area contributed by atoms with E-state index in [4.69, 9.17) is 10.5 Å². The number of rotatable bonds is 6. The molecule has 0 atom stereocenters. The molecule has 0 amide bonds. The van der Waals surface area contributed by atoms with E-state index >= 15 is 0 Å². The highest BCUT2D eigenvalue weighted by atomic mass is 16.5. The molecule has 0 saturated carbocycles. The molecule has 1 aliphatic heterocycles. The smallest absolute Gasteiger partial charge is 0.119 e. The molecule has 0 unspecified atom stereocenters. The summed E-state index contributed by atoms with van der Waals surface area (Å²) in [6, 6.07) is 16.7. The van der Waals surface area contributed by atoms with Gasteiger partial charge in [-0.3, -0.25) is 9.80 Å². The first-order chi connectivity index (χ1) is 11.7. The van der Waals surface area contributed by atoms with Gasteiger partial charge in [0.2, 0.25) is 0 Å². The summed E-state index contributed by atoms with van der Waals surface area (Å²) in [7, 11) is 0. The average molecular weight is 325 g/mol. The molecular formula is C20H27N3O. The van der Waals surface area contributed by atoms with Crippen LogP contribution in [0.4, 0.5) is 5.69 Å². The molecule has 0 aliphatic carbocycles. The molecule has 2 N–H and O–H groups in total. The summed E-state index contributed by atoms with van der Waals surface area (Å²) in [5.74, 6) is 0.952. The summed E-state index contributed by atoms with van der Waals surface area (Å²) in [5.41, 5.74) is 9.36. The lowest BCUT2D eigenvalue weighted by molar-refractivity contribution is 0.122. The largest absolute Gasteiger partial charge is 0.494 e. The van der Waals surface area contributed by atoms with Crippen LogP contribution in [-0.4, -0.2) is 42.6 Å². The fourth-order valence-corrected chi connectivity index (χ4v) is 3.17. The summed E-state index contributed by atoms with van der Waals surface area (Å²) in [6.45, 7) is 9.15. The molecule has 0 aromatic heterocycles. The number of hydrogen-bond acceptors (Lipinski definition) is 4. The van der Waals surface area contributed by atoms with Gasteiger partial charge in [0.1, 0.15) is 5.75 Å². The molecule has 0 spiro atoms. The minimum absolute atomic E-state index is 0.717. The Kier molecular flexibility index (Phi) is 5.72. The van der Waals surface area contributed by atoms with Crippen LogP contribution in [0.2, 0.25) is 0 Å². The van der Waals surface area contributed by atoms with Crippen LogP contribution in [0.3, 0.4) is 0 Å². The molecule has 1 fully saturated rings. The highest BCUT2D eigenvalue weighted by Gasteiger charge is 2.17. The molecular weight excluding hydrogens is 298 g/mol. The lowest BCUT2D eigenvalue weighted by Gasteiger charge is -2.34. The van der Waals surface area contributed by atoms with Crippen molar-refractivity contribution < 1.29 is 4.74 Å². The highest BCUT2D eigenvalue weighted by Crippen LogP contribution is 2.16. The van der Waals surface area contributed by atoms with Gasteiger partial charge in [0.05, 0.1) is 6.61 Å². The normalized spacial score (nSPS) is 16.2. The Labute approximate surface area is 144 Å². The fraction of sp³-hybridized carbons (Fsp3) is 0.400. The first-order valence-corrected chi connectivity index (χ1v) is 8.74. The molecule has 128 valence electrons. The summed E-state index contributed by atoms with van der Waals surface area (Å²) in [6.07, 6.45) is 0. The first kappa shape index (κ1) is 16.8. The first-order valence-electron chi connectivity index (χ1n) is 8.74. The van der Waals surface area contributed by atoms with E-state index in [1.54, 1.807) is 0 Å². The number of ether oxygens (including phenoxy) is 1. The lowest BCUT2D eigenvalue weighted by Crippen LogP contribution is -2.45. The van der Waals surface area contributed by atoms with Crippen molar-refractivity contribution in [2.75, 3.05) is 38.5 Å². The third-order valence-corrected chi connectivity index (χ3v) is 4.46. The quantitative estimate of drug-likeness (QED) is 0.829. The number of nitrogens with two attached hydrogens (primary N) is 1. The van der Waals surface area contributed by atoms with E-state index in [0.717, 1.165) is 50.7 Å². The maximum Gasteiger partial charge on any atom is 0.119 e. The number of hydrogen-bond donors (Lipinski definition) is 1. The van der Waals surface area contributed by atoms with Gasteiger partial charge in [0.15, 0.2) is 0 Å². The van der Waals surface area contributed by atoms with E-state index in [0.29, 0.717) is 6.61 Å². The Morgan fingerprint density at radius 3 is 2.08 bits per heavy atom. The number of piperazine rings is 1. The minimum atomic E-state index is 0.717. The zero-order chi connectivity index (χ0) is 16.8. The Hall–Kier alpha value is -2.04. The number of nitrogen functional groups attached to an aromatic ring is 1. The summed E-state index contributed by atoms with van der Waals surface area (Å²) < 4.78 is 5.50. The second kappa shape index (κ2) is 8.18. The summed E-state index contributed by atoms with van der Waals surface area (Å²) in [4.78, 5) is 5.02. The Morgan fingerprint density at radius 2 is 1.50 bits per heavy atom. The second-order valence-electron chi connectivity index (χ2n) is 6.37. The third-order valence-electron chi connectivity index (χ3n) is 4.46. The molecule has 0 bridgehead atoms. The monoisotopic (exact) mass is 325 g/mol. The zero-order valence-corrected chi connectivity index (χ0v) is 14.4. The van der Waals surface area contributed by atoms with Crippen LogP contribution in [0.1, 0.15) is 18.1 Å². The minimum Gasteiger partial charge on any atom is -0.494 e. The van der Waals surface area contributed by atoms with Crippen LogP contribution in [-0.2, 0) is 13.1 Å². The molecule has 24 heavy (non-hydrogen) atoms. The van der Waals surface area contributed by atoms with Crippen molar-refractivity contribution in [1.29, 1.82) is 0 Å². The SMILES string of the molecule is CCOc1ccc(CN2CCN(Cc3cccc(N)c3)CC2)cc1. The zero-order valence-electron chi connectivity index (χ0n) is 14.4. The molecule has 4 heteroatoms. The summed E-state index contributed by atoms with van der Waals surface area (Å²) >= 11 is 0. The van der Waals surface area contributed by atoms with Crippen LogP contribution in [0.5, 0.6) is 5.75 Å². The van der Waals surface area contributed by atoms with Crippen LogP contribution in [0.25, 0.3) is 0 Å². The van der Waals surface area contributed by atoms with Crippen molar-refractivity contribution in [2.45, 2.75) is 20.0 Å². The van der Waals surface area contributed by atoms with E-state index in [1.807, 2.05) is 19.1 Å². The van der Waals surface area contributed by atoms with Crippen molar-refractivity contribution in [1.82, 2.24) is 9.80 Å². The van der Waals surface area contributed by atoms with Crippen molar-refractivity contribution in [3.8, 4) is 5.75 Å². The van der Waals surface area contributed by atoms with Crippen LogP contribution < -0.4 is 10.5 Å². The topological polar surface area (TPSA) is 41.7 Å². The Morgan fingerprint density at radius 1 is 0.875 bits per heavy atom. The van der Waals surface area contributed by atoms with Gasteiger partial charge in [0, 0.05) is 45.0 Å². The van der Waals surface area contributed by atoms with E-state index in [9.17, 15) is 0 Å². The highest BCUT2D eigenvalue weighted by molar-refractivity contribution is 5.40. The van der Waals surface area contributed by atoms with E-state index in [2.05, 4.69) is 46.2 Å². The molecule has 2 aromatic rings. The van der Waals surface area contributed by atoms with Gasteiger partial charge in [-0.1, -0.05) is 24.3 Å². The van der Waals surface area contributed by atoms with Crippen molar-refractivity contribution in [2.24, 2.45) is 0 Å². The van der Waals surface area contributed by atoms with Crippen molar-refractivity contribution in [3.05, 3.63) is 59.7 Å². The Balaban J connectivity index is 1.46. The van der Waals surface area contributed by atoms with Crippen LogP contribution >= 0.6 is 0 Å². The molecule has 1 aliphatic rings. The molecule has 0 radical (unpaired) electrons. The average Bonchev–Trinajstić information content (AvgIpc) is 2.59. The van der Waals surface area contributed by atoms with Gasteiger partial charge in [-0.2, -0.15) is 0 Å². The Bertz CT molecular complexity index is 634. The van der Waals surface area contributed by atoms with E-state index in [1.165, 1.54) is 11.1 Å². The van der Waals surface area contributed by atoms with Crippen LogP contribution in [0.15, 0.2) is 48.5 Å². The van der Waals surface area contributed by atoms with Gasteiger partial charge in [-0.25, -0.2) is 0 Å². The van der Waals surface area contributed by atoms with Crippen LogP contribution in [0, 0.1) is 0 Å². The third kappa shape index (κ3) is 4.73. The lowest BCUT2D eigenvalue weighted by atomic mass is 10.1. The van der Waals surface area contributed by atoms with Crippen molar-refractivity contribution >= 4 is 5.69 Å². The predicted molar refractivity (Wildman–Crippen MR) is 99.0 cm³/mol. The van der Waals surface area contributed by atoms with Gasteiger partial charge >= 0.3 is 0 Å².